The number of carbonyl (C=O) groups is 1. The van der Waals surface area contributed by atoms with Gasteiger partial charge in [-0.1, -0.05) is 12.1 Å². The van der Waals surface area contributed by atoms with Crippen LogP contribution in [-0.2, 0) is 16.1 Å². The van der Waals surface area contributed by atoms with E-state index in [1.54, 1.807) is 42.7 Å². The van der Waals surface area contributed by atoms with E-state index in [0.29, 0.717) is 18.8 Å². The number of pyridine rings is 1. The van der Waals surface area contributed by atoms with Crippen LogP contribution < -0.4 is 15.4 Å². The van der Waals surface area contributed by atoms with E-state index in [1.807, 2.05) is 4.90 Å². The number of benzene rings is 1. The largest absolute Gasteiger partial charge is 0.487 e. The second kappa shape index (κ2) is 7.81. The number of nitrogens with two attached hydrogens (primary N) is 1. The lowest BCUT2D eigenvalue weighted by Crippen LogP contribution is -2.54. The van der Waals surface area contributed by atoms with Gasteiger partial charge in [0.2, 0.25) is 0 Å². The zero-order valence-electron chi connectivity index (χ0n) is 14.0. The smallest absolute Gasteiger partial charge is 0.313 e. The molecule has 1 aliphatic rings. The van der Waals surface area contributed by atoms with Crippen LogP contribution in [0.4, 0.5) is 10.1 Å². The van der Waals surface area contributed by atoms with Crippen molar-refractivity contribution in [3.8, 4) is 5.75 Å². The Bertz CT molecular complexity index is 794. The molecule has 1 aromatic heterocycles. The lowest BCUT2D eigenvalue weighted by molar-refractivity contribution is -0.143. The Balaban J connectivity index is 1.56. The van der Waals surface area contributed by atoms with Gasteiger partial charge in [0.15, 0.2) is 5.82 Å². The van der Waals surface area contributed by atoms with Crippen LogP contribution in [0.3, 0.4) is 0 Å². The summed E-state index contributed by atoms with van der Waals surface area (Å²) >= 11 is 0. The molecular weight excluding hydrogens is 339 g/mol. The van der Waals surface area contributed by atoms with Crippen molar-refractivity contribution in [2.45, 2.75) is 19.1 Å². The second-order valence-electron chi connectivity index (χ2n) is 5.94. The highest BCUT2D eigenvalue weighted by Crippen LogP contribution is 2.28. The Morgan fingerprint density at radius 1 is 1.31 bits per heavy atom. The highest BCUT2D eigenvalue weighted by molar-refractivity contribution is 5.94. The maximum absolute atomic E-state index is 14.7. The number of rotatable bonds is 7. The number of nitrogens with zero attached hydrogens (tertiary/aromatic N) is 2. The van der Waals surface area contributed by atoms with Crippen molar-refractivity contribution in [3.63, 3.8) is 0 Å². The maximum Gasteiger partial charge on any atom is 0.313 e. The number of aromatic nitrogens is 1. The minimum atomic E-state index is -0.655. The molecule has 1 aromatic carbocycles. The molecule has 3 rings (SSSR count). The number of nitrogens with one attached hydrogen (secondary N) is 1. The standard InChI is InChI=1S/C18H19FN4O3/c19-18-12(11-25-17(24)8-16(20)21)2-1-3-15(18)23-9-14(10-23)26-13-4-6-22-7-5-13/h1-7,14H,8-11H2,(H3,20,21). The summed E-state index contributed by atoms with van der Waals surface area (Å²) in [5.74, 6) is -0.635. The molecule has 26 heavy (non-hydrogen) atoms. The highest BCUT2D eigenvalue weighted by atomic mass is 19.1. The molecule has 1 aliphatic heterocycles. The fraction of sp³-hybridized carbons (Fsp3) is 0.278. The van der Waals surface area contributed by atoms with Gasteiger partial charge in [-0.05, 0) is 18.2 Å². The summed E-state index contributed by atoms with van der Waals surface area (Å²) in [5, 5.41) is 7.05. The first-order chi connectivity index (χ1) is 12.5. The third kappa shape index (κ3) is 4.27. The van der Waals surface area contributed by atoms with Gasteiger partial charge in [0.1, 0.15) is 30.7 Å². The number of carbonyl (C=O) groups excluding carboxylic acids is 1. The van der Waals surface area contributed by atoms with Gasteiger partial charge < -0.3 is 20.1 Å². The van der Waals surface area contributed by atoms with Crippen LogP contribution >= 0.6 is 0 Å². The topological polar surface area (TPSA) is 102 Å². The molecule has 0 radical (unpaired) electrons. The molecule has 0 spiro atoms. The van der Waals surface area contributed by atoms with Crippen molar-refractivity contribution in [2.75, 3.05) is 18.0 Å². The van der Waals surface area contributed by atoms with Gasteiger partial charge >= 0.3 is 5.97 Å². The van der Waals surface area contributed by atoms with Gasteiger partial charge in [0, 0.05) is 18.0 Å². The molecule has 0 amide bonds. The number of esters is 1. The van der Waals surface area contributed by atoms with Crippen molar-refractivity contribution >= 4 is 17.5 Å². The van der Waals surface area contributed by atoms with E-state index >= 15 is 0 Å². The van der Waals surface area contributed by atoms with Crippen LogP contribution in [0.5, 0.6) is 5.75 Å². The summed E-state index contributed by atoms with van der Waals surface area (Å²) in [6, 6.07) is 8.51. The van der Waals surface area contributed by atoms with Crippen LogP contribution in [0, 0.1) is 11.2 Å². The van der Waals surface area contributed by atoms with Crippen molar-refractivity contribution in [1.82, 2.24) is 4.98 Å². The van der Waals surface area contributed by atoms with Crippen molar-refractivity contribution in [2.24, 2.45) is 5.73 Å². The SMILES string of the molecule is N=C(N)CC(=O)OCc1cccc(N2CC(Oc3ccncc3)C2)c1F. The Kier molecular flexibility index (Phi) is 5.31. The highest BCUT2D eigenvalue weighted by Gasteiger charge is 2.31. The number of halogens is 1. The molecule has 1 saturated heterocycles. The summed E-state index contributed by atoms with van der Waals surface area (Å²) in [5.41, 5.74) is 5.86. The van der Waals surface area contributed by atoms with Gasteiger partial charge in [-0.3, -0.25) is 15.2 Å². The van der Waals surface area contributed by atoms with E-state index in [0.717, 1.165) is 5.75 Å². The average molecular weight is 358 g/mol. The van der Waals surface area contributed by atoms with E-state index in [2.05, 4.69) is 4.98 Å². The summed E-state index contributed by atoms with van der Waals surface area (Å²) in [6.07, 6.45) is 2.99. The third-order valence-electron chi connectivity index (χ3n) is 3.92. The predicted octanol–water partition coefficient (Wildman–Crippen LogP) is 1.86. The summed E-state index contributed by atoms with van der Waals surface area (Å²) in [4.78, 5) is 17.2. The van der Waals surface area contributed by atoms with Crippen molar-refractivity contribution in [1.29, 1.82) is 5.41 Å². The van der Waals surface area contributed by atoms with E-state index < -0.39 is 11.8 Å². The van der Waals surface area contributed by atoms with Gasteiger partial charge in [-0.15, -0.1) is 0 Å². The fourth-order valence-corrected chi connectivity index (χ4v) is 2.61. The Hall–Kier alpha value is -3.16. The molecule has 7 nitrogen and oxygen atoms in total. The molecule has 0 atom stereocenters. The van der Waals surface area contributed by atoms with Gasteiger partial charge in [0.05, 0.1) is 18.8 Å². The van der Waals surface area contributed by atoms with Gasteiger partial charge in [-0.25, -0.2) is 4.39 Å². The van der Waals surface area contributed by atoms with Crippen LogP contribution in [0.1, 0.15) is 12.0 Å². The van der Waals surface area contributed by atoms with Crippen LogP contribution in [0.15, 0.2) is 42.7 Å². The monoisotopic (exact) mass is 358 g/mol. The van der Waals surface area contributed by atoms with Crippen molar-refractivity contribution < 1.29 is 18.7 Å². The molecule has 0 bridgehead atoms. The van der Waals surface area contributed by atoms with Gasteiger partial charge in [0.25, 0.3) is 0 Å². The zero-order valence-corrected chi connectivity index (χ0v) is 14.0. The number of hydrogen-bond donors (Lipinski definition) is 2. The molecule has 1 fully saturated rings. The van der Waals surface area contributed by atoms with E-state index in [4.69, 9.17) is 20.6 Å². The third-order valence-corrected chi connectivity index (χ3v) is 3.92. The second-order valence-corrected chi connectivity index (χ2v) is 5.94. The van der Waals surface area contributed by atoms with Crippen molar-refractivity contribution in [3.05, 3.63) is 54.1 Å². The molecule has 0 unspecified atom stereocenters. The Morgan fingerprint density at radius 3 is 2.73 bits per heavy atom. The zero-order chi connectivity index (χ0) is 18.5. The van der Waals surface area contributed by atoms with Crippen LogP contribution in [-0.4, -0.2) is 36.0 Å². The lowest BCUT2D eigenvalue weighted by atomic mass is 10.1. The van der Waals surface area contributed by atoms with Crippen LogP contribution in [0.25, 0.3) is 0 Å². The number of anilines is 1. The van der Waals surface area contributed by atoms with Crippen LogP contribution in [0.2, 0.25) is 0 Å². The lowest BCUT2D eigenvalue weighted by Gasteiger charge is -2.40. The first-order valence-electron chi connectivity index (χ1n) is 8.10. The summed E-state index contributed by atoms with van der Waals surface area (Å²) < 4.78 is 25.4. The molecular formula is C18H19FN4O3. The Morgan fingerprint density at radius 2 is 2.04 bits per heavy atom. The summed E-state index contributed by atoms with van der Waals surface area (Å²) in [7, 11) is 0. The first kappa shape index (κ1) is 17.7. The van der Waals surface area contributed by atoms with E-state index in [-0.39, 0.29) is 30.5 Å². The quantitative estimate of drug-likeness (QED) is 0.445. The normalized spacial score (nSPS) is 13.8. The Labute approximate surface area is 150 Å². The molecule has 2 aromatic rings. The molecule has 0 saturated carbocycles. The maximum atomic E-state index is 14.7. The fourth-order valence-electron chi connectivity index (χ4n) is 2.61. The predicted molar refractivity (Wildman–Crippen MR) is 93.6 cm³/mol. The number of ether oxygens (including phenoxy) is 2. The minimum Gasteiger partial charge on any atom is -0.487 e. The minimum absolute atomic E-state index is 0.0196. The molecule has 2 heterocycles. The van der Waals surface area contributed by atoms with E-state index in [9.17, 15) is 9.18 Å². The molecule has 8 heteroatoms. The first-order valence-corrected chi connectivity index (χ1v) is 8.10. The average Bonchev–Trinajstić information content (AvgIpc) is 2.58. The summed E-state index contributed by atoms with van der Waals surface area (Å²) in [6.45, 7) is 0.927. The molecule has 136 valence electrons. The number of amidine groups is 1. The molecule has 3 N–H and O–H groups in total. The van der Waals surface area contributed by atoms with E-state index in [1.165, 1.54) is 0 Å². The number of hydrogen-bond acceptors (Lipinski definition) is 6. The molecule has 0 aliphatic carbocycles. The van der Waals surface area contributed by atoms with Gasteiger partial charge in [-0.2, -0.15) is 0 Å².